The van der Waals surface area contributed by atoms with E-state index in [0.29, 0.717) is 28.4 Å². The zero-order valence-corrected chi connectivity index (χ0v) is 57.2. The molecule has 6 amide bonds. The van der Waals surface area contributed by atoms with Crippen LogP contribution in [0.25, 0.3) is 0 Å². The van der Waals surface area contributed by atoms with Crippen molar-refractivity contribution in [2.75, 3.05) is 95.8 Å². The lowest BCUT2D eigenvalue weighted by Crippen LogP contribution is -2.46. The number of nitrogens with one attached hydrogen (secondary N) is 4. The molecule has 0 fully saturated rings. The summed E-state index contributed by atoms with van der Waals surface area (Å²) in [5, 5.41) is 70.2. The largest absolute Gasteiger partial charge is 0.508 e. The van der Waals surface area contributed by atoms with Crippen molar-refractivity contribution in [3.63, 3.8) is 0 Å². The molecular weight excluding hydrogens is 1390 g/mol. The number of phenols is 1. The Hall–Kier alpha value is -11.0. The molecule has 38 nitrogen and oxygen atoms in total. The molecule has 0 bridgehead atoms. The fourth-order valence-electron chi connectivity index (χ4n) is 7.81. The molecule has 0 aliphatic heterocycles. The summed E-state index contributed by atoms with van der Waals surface area (Å²) < 4.78 is 33.8. The Balaban J connectivity index is 0.000000658. The van der Waals surface area contributed by atoms with Gasteiger partial charge in [0.2, 0.25) is 55.8 Å². The number of rotatable bonds is 40. The maximum atomic E-state index is 12.1. The Kier molecular flexibility index (Phi) is 47.1. The standard InChI is InChI=1S/C16H21NO9.C14H18N2O6.C14H19NO7.C13H18N2O6.C9H11NO3/c1-22-15(20)9-24-16(21)13(17-14(19)8-18)7-11-3-5-12(6-4-11)25-10-26-23-2;15-14(21)11(16-12(19)7-17)5-9-1-3-10(4-2-9)6-13(20)22-8-18;1-19-14(18)12(15-13(17)8-16)7-10-3-5-11(6-4-10)21-9-22-20-2;1-19-21-8-20-10-4-2-9(3-5-10)6-11(13(14)18)15-12(17)7-16;10-8(9(12)13)5-6-1-3-7(11)4-2-6/h3-6,13,18H,7-10H2,1-2H3,(H,17,19);1-4,11,17-18H,5-8H2,(H2,15,21)(H,16,19);3-6,12,16H,7-9H2,1-2H3,(H,15,17);2-5,11,16H,6-8H2,1H3,(H2,14,18)(H,15,17);1-4,8,11H,5,10H2,(H,12,13). The molecule has 5 unspecified atom stereocenters. The van der Waals surface area contributed by atoms with Gasteiger partial charge in [-0.1, -0.05) is 72.8 Å². The smallest absolute Gasteiger partial charge is 0.344 e. The summed E-state index contributed by atoms with van der Waals surface area (Å²) in [5.74, 6) is -6.05. The number of aliphatic hydroxyl groups is 5. The van der Waals surface area contributed by atoms with Crippen LogP contribution in [-0.4, -0.2) is 227 Å². The Morgan fingerprint density at radius 2 is 0.702 bits per heavy atom. The van der Waals surface area contributed by atoms with Gasteiger partial charge in [-0.3, -0.25) is 38.4 Å². The minimum atomic E-state index is -1.08. The van der Waals surface area contributed by atoms with Crippen LogP contribution in [0.15, 0.2) is 121 Å². The normalized spacial score (nSPS) is 11.6. The van der Waals surface area contributed by atoms with Crippen molar-refractivity contribution in [3.05, 3.63) is 155 Å². The minimum Gasteiger partial charge on any atom is -0.508 e. The highest BCUT2D eigenvalue weighted by Crippen LogP contribution is 2.18. The van der Waals surface area contributed by atoms with Gasteiger partial charge in [0.15, 0.2) is 13.4 Å². The van der Waals surface area contributed by atoms with Gasteiger partial charge in [-0.2, -0.15) is 14.7 Å². The van der Waals surface area contributed by atoms with Gasteiger partial charge in [0.05, 0.1) is 42.0 Å². The first-order valence-electron chi connectivity index (χ1n) is 30.5. The molecule has 5 aromatic carbocycles. The van der Waals surface area contributed by atoms with Gasteiger partial charge in [-0.15, -0.1) is 0 Å². The third kappa shape index (κ3) is 41.0. The second kappa shape index (κ2) is 53.8. The molecule has 0 spiro atoms. The molecule has 38 heteroatoms. The molecule has 5 rings (SSSR count). The van der Waals surface area contributed by atoms with Crippen LogP contribution in [0.5, 0.6) is 23.0 Å². The Labute approximate surface area is 595 Å². The Morgan fingerprint density at radius 1 is 0.394 bits per heavy atom. The van der Waals surface area contributed by atoms with E-state index in [2.05, 4.69) is 64.8 Å². The lowest BCUT2D eigenvalue weighted by molar-refractivity contribution is -0.303. The predicted octanol–water partition coefficient (Wildman–Crippen LogP) is -3.19. The molecule has 5 aromatic rings. The zero-order valence-electron chi connectivity index (χ0n) is 57.2. The van der Waals surface area contributed by atoms with E-state index in [-0.39, 0.29) is 64.7 Å². The monoisotopic (exact) mass is 1470 g/mol. The van der Waals surface area contributed by atoms with Crippen LogP contribution >= 0.6 is 0 Å². The van der Waals surface area contributed by atoms with Crippen molar-refractivity contribution in [1.82, 2.24) is 21.3 Å². The molecule has 0 aromatic heterocycles. The SMILES string of the molecule is COOCOc1ccc(CC(NC(=O)CO)C(=O)OC)cc1.COOCOc1ccc(CC(NC(=O)CO)C(=O)OCC(=O)OC)cc1.COOCOc1ccc(CC(NC(=O)CO)C(N)=O)cc1.NC(=O)C(Cc1ccc(CC(=O)OCO)cc1)NC(=O)CO.NC(Cc1ccc(O)cc1)C(=O)O. The number of carbonyl (C=O) groups excluding carboxylic acids is 10. The first-order valence-corrected chi connectivity index (χ1v) is 30.5. The van der Waals surface area contributed by atoms with Crippen LogP contribution < -0.4 is 52.7 Å². The Morgan fingerprint density at radius 3 is 1.01 bits per heavy atom. The number of hydrogen-bond acceptors (Lipinski definition) is 31. The van der Waals surface area contributed by atoms with Crippen LogP contribution in [0.1, 0.15) is 33.4 Å². The molecule has 0 saturated carbocycles. The molecule has 5 atom stereocenters. The number of phenolic OH excluding ortho intramolecular Hbond substituents is 1. The van der Waals surface area contributed by atoms with E-state index < -0.39 is 135 Å². The van der Waals surface area contributed by atoms with Crippen LogP contribution in [0.2, 0.25) is 0 Å². The van der Waals surface area contributed by atoms with E-state index in [9.17, 15) is 52.7 Å². The number of nitrogens with two attached hydrogens (primary N) is 3. The fourth-order valence-corrected chi connectivity index (χ4v) is 7.81. The highest BCUT2D eigenvalue weighted by molar-refractivity contribution is 5.89. The maximum absolute atomic E-state index is 12.1. The molecule has 104 heavy (non-hydrogen) atoms. The average molecular weight is 1470 g/mol. The van der Waals surface area contributed by atoms with Crippen molar-refractivity contribution < 1.29 is 151 Å². The van der Waals surface area contributed by atoms with Crippen molar-refractivity contribution in [2.24, 2.45) is 17.2 Å². The minimum absolute atomic E-state index is 0.0152. The molecular formula is C66H87N7O31. The van der Waals surface area contributed by atoms with Crippen LogP contribution in [0.4, 0.5) is 0 Å². The number of amides is 6. The van der Waals surface area contributed by atoms with E-state index in [1.54, 1.807) is 109 Å². The highest BCUT2D eigenvalue weighted by Gasteiger charge is 2.25. The quantitative estimate of drug-likeness (QED) is 0.00459. The van der Waals surface area contributed by atoms with E-state index in [0.717, 1.165) is 29.4 Å². The van der Waals surface area contributed by atoms with E-state index in [1.165, 1.54) is 40.6 Å². The van der Waals surface area contributed by atoms with Crippen molar-refractivity contribution in [1.29, 1.82) is 0 Å². The number of carboxylic acids is 1. The maximum Gasteiger partial charge on any atom is 0.344 e. The molecule has 0 aliphatic rings. The number of carbonyl (C=O) groups is 11. The van der Waals surface area contributed by atoms with Crippen molar-refractivity contribution >= 4 is 65.3 Å². The lowest BCUT2D eigenvalue weighted by atomic mass is 10.0. The fraction of sp³-hybridized carbons (Fsp3) is 0.379. The van der Waals surface area contributed by atoms with E-state index >= 15 is 0 Å². The van der Waals surface area contributed by atoms with Gasteiger partial charge in [0, 0.05) is 25.7 Å². The van der Waals surface area contributed by atoms with Crippen molar-refractivity contribution in [3.8, 4) is 23.0 Å². The summed E-state index contributed by atoms with van der Waals surface area (Å²) in [7, 11) is 6.49. The second-order valence-electron chi connectivity index (χ2n) is 20.5. The van der Waals surface area contributed by atoms with Gasteiger partial charge in [0.25, 0.3) is 0 Å². The molecule has 17 N–H and O–H groups in total. The number of aliphatic hydroxyl groups excluding tert-OH is 5. The second-order valence-corrected chi connectivity index (χ2v) is 20.5. The Bertz CT molecular complexity index is 3370. The number of ether oxygens (including phenoxy) is 7. The topological polar surface area (TPSA) is 576 Å². The summed E-state index contributed by atoms with van der Waals surface area (Å²) in [6.45, 7) is -4.34. The molecule has 0 aliphatic carbocycles. The first kappa shape index (κ1) is 91.0. The number of aliphatic carboxylic acids is 1. The molecule has 572 valence electrons. The van der Waals surface area contributed by atoms with Crippen LogP contribution in [-0.2, 0) is 140 Å². The molecule has 0 saturated heterocycles. The van der Waals surface area contributed by atoms with Crippen LogP contribution in [0, 0.1) is 0 Å². The summed E-state index contributed by atoms with van der Waals surface area (Å²) in [4.78, 5) is 151. The number of carboxylic acid groups (broad SMARTS) is 1. The zero-order chi connectivity index (χ0) is 77.8. The summed E-state index contributed by atoms with van der Waals surface area (Å²) in [5.41, 5.74) is 20.2. The number of aromatic hydroxyl groups is 1. The number of methoxy groups -OCH3 is 2. The van der Waals surface area contributed by atoms with Gasteiger partial charge < -0.3 is 107 Å². The highest BCUT2D eigenvalue weighted by atomic mass is 17.2. The van der Waals surface area contributed by atoms with Crippen LogP contribution in [0.3, 0.4) is 0 Å². The summed E-state index contributed by atoms with van der Waals surface area (Å²) in [6, 6.07) is 28.7. The van der Waals surface area contributed by atoms with Gasteiger partial charge in [0.1, 0.15) is 79.6 Å². The van der Waals surface area contributed by atoms with E-state index in [4.69, 9.17) is 71.9 Å². The van der Waals surface area contributed by atoms with E-state index in [1.807, 2.05) is 0 Å². The van der Waals surface area contributed by atoms with Gasteiger partial charge in [-0.25, -0.2) is 29.0 Å². The lowest BCUT2D eigenvalue weighted by Gasteiger charge is -2.17. The van der Waals surface area contributed by atoms with Crippen molar-refractivity contribution in [2.45, 2.75) is 68.7 Å². The molecule has 0 heterocycles. The average Bonchev–Trinajstić information content (AvgIpc) is 0.931. The number of esters is 4. The number of benzene rings is 5. The summed E-state index contributed by atoms with van der Waals surface area (Å²) in [6.07, 6.45) is 0.989. The van der Waals surface area contributed by atoms with Gasteiger partial charge in [-0.05, 0) is 88.3 Å². The summed E-state index contributed by atoms with van der Waals surface area (Å²) >= 11 is 0. The van der Waals surface area contributed by atoms with Gasteiger partial charge >= 0.3 is 29.8 Å². The third-order valence-corrected chi connectivity index (χ3v) is 12.9. The third-order valence-electron chi connectivity index (χ3n) is 12.9. The molecule has 0 radical (unpaired) electrons. The first-order chi connectivity index (χ1) is 49.7. The predicted molar refractivity (Wildman–Crippen MR) is 355 cm³/mol. The number of primary amides is 2. The number of hydrogen-bond donors (Lipinski definition) is 14.